The van der Waals surface area contributed by atoms with Crippen LogP contribution in [0.1, 0.15) is 38.5 Å². The van der Waals surface area contributed by atoms with Gasteiger partial charge in [0.1, 0.15) is 0 Å². The Hall–Kier alpha value is -0.260. The van der Waals surface area contributed by atoms with Crippen LogP contribution in [0.5, 0.6) is 0 Å². The van der Waals surface area contributed by atoms with E-state index in [0.717, 1.165) is 31.3 Å². The van der Waals surface area contributed by atoms with Gasteiger partial charge in [0.25, 0.3) is 0 Å². The Morgan fingerprint density at radius 2 is 1.60 bits per heavy atom. The van der Waals surface area contributed by atoms with E-state index in [-0.39, 0.29) is 24.7 Å². The third-order valence-corrected chi connectivity index (χ3v) is 5.60. The molecule has 0 spiro atoms. The molecule has 0 atom stereocenters. The van der Waals surface area contributed by atoms with Gasteiger partial charge in [0.15, 0.2) is 0 Å². The first-order chi connectivity index (χ1) is 9.41. The van der Waals surface area contributed by atoms with E-state index in [9.17, 15) is 18.0 Å². The molecule has 6 heteroatoms. The second-order valence-electron chi connectivity index (χ2n) is 6.01. The molecule has 0 N–H and O–H groups in total. The SMILES string of the molecule is O=C(C1CCC(C(F)(F)F)CC1)N1CCC(CBr)CC1. The Labute approximate surface area is 126 Å². The maximum atomic E-state index is 12.6. The molecule has 1 amide bonds. The minimum absolute atomic E-state index is 0.0821. The van der Waals surface area contributed by atoms with Crippen molar-refractivity contribution in [2.45, 2.75) is 44.7 Å². The smallest absolute Gasteiger partial charge is 0.342 e. The highest BCUT2D eigenvalue weighted by Crippen LogP contribution is 2.40. The normalized spacial score (nSPS) is 29.5. The van der Waals surface area contributed by atoms with Gasteiger partial charge < -0.3 is 4.90 Å². The van der Waals surface area contributed by atoms with Crippen LogP contribution < -0.4 is 0 Å². The van der Waals surface area contributed by atoms with Gasteiger partial charge >= 0.3 is 6.18 Å². The van der Waals surface area contributed by atoms with Crippen LogP contribution in [0.4, 0.5) is 13.2 Å². The van der Waals surface area contributed by atoms with E-state index >= 15 is 0 Å². The summed E-state index contributed by atoms with van der Waals surface area (Å²) in [5.41, 5.74) is 0. The largest absolute Gasteiger partial charge is 0.391 e. The number of hydrogen-bond acceptors (Lipinski definition) is 1. The van der Waals surface area contributed by atoms with E-state index in [1.54, 1.807) is 0 Å². The van der Waals surface area contributed by atoms with Gasteiger partial charge in [0, 0.05) is 24.3 Å². The molecule has 1 aliphatic carbocycles. The van der Waals surface area contributed by atoms with Gasteiger partial charge in [-0.3, -0.25) is 4.79 Å². The summed E-state index contributed by atoms with van der Waals surface area (Å²) in [5.74, 6) is -0.682. The van der Waals surface area contributed by atoms with Crippen molar-refractivity contribution in [3.05, 3.63) is 0 Å². The number of likely N-dealkylation sites (tertiary alicyclic amines) is 1. The summed E-state index contributed by atoms with van der Waals surface area (Å²) in [6.07, 6.45) is -1.11. The minimum atomic E-state index is -4.10. The zero-order valence-electron chi connectivity index (χ0n) is 11.5. The Balaban J connectivity index is 1.80. The number of hydrogen-bond donors (Lipinski definition) is 0. The van der Waals surface area contributed by atoms with Gasteiger partial charge in [-0.05, 0) is 44.4 Å². The van der Waals surface area contributed by atoms with Gasteiger partial charge in [-0.1, -0.05) is 15.9 Å². The minimum Gasteiger partial charge on any atom is -0.342 e. The number of rotatable bonds is 2. The van der Waals surface area contributed by atoms with E-state index in [0.29, 0.717) is 18.8 Å². The molecule has 0 radical (unpaired) electrons. The van der Waals surface area contributed by atoms with Crippen LogP contribution in [0, 0.1) is 17.8 Å². The van der Waals surface area contributed by atoms with Crippen LogP contribution in [0.25, 0.3) is 0 Å². The Bertz CT molecular complexity index is 332. The third kappa shape index (κ3) is 3.89. The molecule has 1 saturated carbocycles. The maximum Gasteiger partial charge on any atom is 0.391 e. The Kier molecular flexibility index (Phi) is 5.37. The fraction of sp³-hybridized carbons (Fsp3) is 0.929. The number of amides is 1. The first-order valence-electron chi connectivity index (χ1n) is 7.33. The zero-order valence-corrected chi connectivity index (χ0v) is 13.0. The lowest BCUT2D eigenvalue weighted by molar-refractivity contribution is -0.185. The highest BCUT2D eigenvalue weighted by Gasteiger charge is 2.43. The summed E-state index contributed by atoms with van der Waals surface area (Å²) in [4.78, 5) is 14.2. The topological polar surface area (TPSA) is 20.3 Å². The monoisotopic (exact) mass is 355 g/mol. The molecule has 116 valence electrons. The summed E-state index contributed by atoms with van der Waals surface area (Å²) >= 11 is 3.46. The Morgan fingerprint density at radius 3 is 2.05 bits per heavy atom. The van der Waals surface area contributed by atoms with Crippen LogP contribution >= 0.6 is 15.9 Å². The summed E-state index contributed by atoms with van der Waals surface area (Å²) in [5, 5.41) is 0.964. The molecule has 2 fully saturated rings. The highest BCUT2D eigenvalue weighted by molar-refractivity contribution is 9.09. The van der Waals surface area contributed by atoms with E-state index < -0.39 is 12.1 Å². The van der Waals surface area contributed by atoms with Crippen LogP contribution in [0.3, 0.4) is 0 Å². The number of alkyl halides is 4. The summed E-state index contributed by atoms with van der Waals surface area (Å²) in [7, 11) is 0. The quantitative estimate of drug-likeness (QED) is 0.686. The highest BCUT2D eigenvalue weighted by atomic mass is 79.9. The van der Waals surface area contributed by atoms with Gasteiger partial charge in [0.2, 0.25) is 5.91 Å². The van der Waals surface area contributed by atoms with E-state index in [1.807, 2.05) is 4.90 Å². The maximum absolute atomic E-state index is 12.6. The van der Waals surface area contributed by atoms with Crippen LogP contribution in [0.2, 0.25) is 0 Å². The molecule has 2 aliphatic rings. The fourth-order valence-corrected chi connectivity index (χ4v) is 3.88. The molecule has 0 aromatic rings. The predicted octanol–water partition coefficient (Wildman–Crippen LogP) is 3.99. The average molecular weight is 356 g/mol. The van der Waals surface area contributed by atoms with Crippen molar-refractivity contribution < 1.29 is 18.0 Å². The van der Waals surface area contributed by atoms with E-state index in [4.69, 9.17) is 0 Å². The van der Waals surface area contributed by atoms with Crippen molar-refractivity contribution in [2.24, 2.45) is 17.8 Å². The van der Waals surface area contributed by atoms with Crippen molar-refractivity contribution in [1.82, 2.24) is 4.90 Å². The second-order valence-corrected chi connectivity index (χ2v) is 6.66. The fourth-order valence-electron chi connectivity index (χ4n) is 3.23. The summed E-state index contributed by atoms with van der Waals surface area (Å²) < 4.78 is 37.8. The number of piperidine rings is 1. The zero-order chi connectivity index (χ0) is 14.8. The van der Waals surface area contributed by atoms with Crippen molar-refractivity contribution in [2.75, 3.05) is 18.4 Å². The molecule has 20 heavy (non-hydrogen) atoms. The summed E-state index contributed by atoms with van der Waals surface area (Å²) in [6, 6.07) is 0. The molecule has 1 aliphatic heterocycles. The van der Waals surface area contributed by atoms with Gasteiger partial charge in [0.05, 0.1) is 5.92 Å². The number of carbonyl (C=O) groups excluding carboxylic acids is 1. The molecule has 0 aromatic carbocycles. The standard InChI is InChI=1S/C14H21BrF3NO/c15-9-10-5-7-19(8-6-10)13(20)11-1-3-12(4-2-11)14(16,17)18/h10-12H,1-9H2. The Morgan fingerprint density at radius 1 is 1.05 bits per heavy atom. The molecule has 0 unspecified atom stereocenters. The lowest BCUT2D eigenvalue weighted by Crippen LogP contribution is -2.43. The van der Waals surface area contributed by atoms with Crippen molar-refractivity contribution in [1.29, 1.82) is 0 Å². The van der Waals surface area contributed by atoms with Crippen LogP contribution in [-0.2, 0) is 4.79 Å². The summed E-state index contributed by atoms with van der Waals surface area (Å²) in [6.45, 7) is 1.52. The van der Waals surface area contributed by atoms with Gasteiger partial charge in [-0.25, -0.2) is 0 Å². The van der Waals surface area contributed by atoms with E-state index in [2.05, 4.69) is 15.9 Å². The number of halogens is 4. The lowest BCUT2D eigenvalue weighted by atomic mass is 9.80. The molecular weight excluding hydrogens is 335 g/mol. The first-order valence-corrected chi connectivity index (χ1v) is 8.45. The molecular formula is C14H21BrF3NO. The molecule has 0 aromatic heterocycles. The van der Waals surface area contributed by atoms with Crippen molar-refractivity contribution in [3.63, 3.8) is 0 Å². The average Bonchev–Trinajstić information content (AvgIpc) is 2.46. The molecule has 1 saturated heterocycles. The van der Waals surface area contributed by atoms with Crippen LogP contribution in [0.15, 0.2) is 0 Å². The first kappa shape index (κ1) is 16.1. The lowest BCUT2D eigenvalue weighted by Gasteiger charge is -2.36. The molecule has 1 heterocycles. The number of carbonyl (C=O) groups is 1. The van der Waals surface area contributed by atoms with Crippen molar-refractivity contribution in [3.8, 4) is 0 Å². The van der Waals surface area contributed by atoms with Gasteiger partial charge in [-0.15, -0.1) is 0 Å². The predicted molar refractivity (Wildman–Crippen MR) is 74.6 cm³/mol. The molecule has 2 nitrogen and oxygen atoms in total. The van der Waals surface area contributed by atoms with Crippen molar-refractivity contribution >= 4 is 21.8 Å². The number of nitrogens with zero attached hydrogens (tertiary/aromatic N) is 1. The second kappa shape index (κ2) is 6.67. The van der Waals surface area contributed by atoms with E-state index in [1.165, 1.54) is 0 Å². The molecule has 2 rings (SSSR count). The van der Waals surface area contributed by atoms with Gasteiger partial charge in [-0.2, -0.15) is 13.2 Å². The van der Waals surface area contributed by atoms with Crippen LogP contribution in [-0.4, -0.2) is 35.4 Å². The molecule has 0 bridgehead atoms. The third-order valence-electron chi connectivity index (χ3n) is 4.68.